The average Bonchev–Trinajstić information content (AvgIpc) is 2.92. The van der Waals surface area contributed by atoms with Gasteiger partial charge in [0.15, 0.2) is 0 Å². The number of nitrogens with zero attached hydrogens (tertiary/aromatic N) is 1. The molecule has 1 atom stereocenters. The van der Waals surface area contributed by atoms with Crippen molar-refractivity contribution in [1.82, 2.24) is 0 Å². The van der Waals surface area contributed by atoms with Gasteiger partial charge in [-0.15, -0.1) is 0 Å². The molecule has 8 nitrogen and oxygen atoms in total. The molecule has 2 N–H and O–H groups in total. The van der Waals surface area contributed by atoms with Crippen molar-refractivity contribution in [2.75, 3.05) is 13.7 Å². The number of rotatable bonds is 8. The van der Waals surface area contributed by atoms with Gasteiger partial charge >= 0.3 is 11.9 Å². The zero-order valence-electron chi connectivity index (χ0n) is 20.5. The molecule has 3 aromatic rings. The van der Waals surface area contributed by atoms with Crippen molar-refractivity contribution >= 4 is 11.9 Å². The van der Waals surface area contributed by atoms with Crippen LogP contribution >= 0.6 is 0 Å². The number of methoxy groups -OCH3 is 1. The Hall–Kier alpha value is -4.77. The molecule has 4 rings (SSSR count). The molecular weight excluding hydrogens is 472 g/mol. The van der Waals surface area contributed by atoms with Crippen LogP contribution in [0.25, 0.3) is 0 Å². The van der Waals surface area contributed by atoms with E-state index >= 15 is 0 Å². The Morgan fingerprint density at radius 2 is 1.81 bits per heavy atom. The van der Waals surface area contributed by atoms with E-state index in [2.05, 4.69) is 13.0 Å². The SMILES string of the molecule is CCCCOc1ccccc1C(=O)Oc1ccc2c(c1)OC(N)=C(C#N)C2c1ccc(C(=O)OC)cc1. The Kier molecular flexibility index (Phi) is 7.74. The third-order valence-electron chi connectivity index (χ3n) is 5.93. The third kappa shape index (κ3) is 5.41. The van der Waals surface area contributed by atoms with Gasteiger partial charge < -0.3 is 24.7 Å². The average molecular weight is 499 g/mol. The van der Waals surface area contributed by atoms with Gasteiger partial charge in [0.2, 0.25) is 5.88 Å². The smallest absolute Gasteiger partial charge is 0.347 e. The Morgan fingerprint density at radius 1 is 1.05 bits per heavy atom. The van der Waals surface area contributed by atoms with Crippen LogP contribution in [0, 0.1) is 11.3 Å². The number of benzene rings is 3. The summed E-state index contributed by atoms with van der Waals surface area (Å²) in [6.07, 6.45) is 1.85. The molecule has 0 radical (unpaired) electrons. The minimum absolute atomic E-state index is 0.0461. The van der Waals surface area contributed by atoms with E-state index in [1.165, 1.54) is 7.11 Å². The van der Waals surface area contributed by atoms with Crippen LogP contribution in [0.2, 0.25) is 0 Å². The van der Waals surface area contributed by atoms with E-state index in [-0.39, 0.29) is 17.2 Å². The van der Waals surface area contributed by atoms with Crippen LogP contribution < -0.4 is 19.9 Å². The van der Waals surface area contributed by atoms with Crippen molar-refractivity contribution in [2.45, 2.75) is 25.7 Å². The van der Waals surface area contributed by atoms with Crippen LogP contribution in [-0.2, 0) is 4.74 Å². The van der Waals surface area contributed by atoms with Gasteiger partial charge in [0.25, 0.3) is 0 Å². The fourth-order valence-corrected chi connectivity index (χ4v) is 4.02. The summed E-state index contributed by atoms with van der Waals surface area (Å²) in [6, 6.07) is 20.7. The van der Waals surface area contributed by atoms with Crippen LogP contribution in [0.5, 0.6) is 17.2 Å². The number of fused-ring (bicyclic) bond motifs is 1. The Morgan fingerprint density at radius 3 is 2.51 bits per heavy atom. The van der Waals surface area contributed by atoms with Gasteiger partial charge in [0.1, 0.15) is 34.5 Å². The number of hydrogen-bond donors (Lipinski definition) is 1. The molecule has 0 saturated heterocycles. The van der Waals surface area contributed by atoms with Crippen LogP contribution in [0.4, 0.5) is 0 Å². The predicted molar refractivity (Wildman–Crippen MR) is 135 cm³/mol. The highest BCUT2D eigenvalue weighted by Gasteiger charge is 2.31. The third-order valence-corrected chi connectivity index (χ3v) is 5.93. The molecule has 1 heterocycles. The standard InChI is InChI=1S/C29H26N2O6/c1-3-4-15-35-24-8-6-5-7-22(24)29(33)36-20-13-14-21-25(16-20)37-27(31)23(17-30)26(21)18-9-11-19(12-10-18)28(32)34-2/h5-14,16,26H,3-4,15,31H2,1-2H3. The maximum atomic E-state index is 12.9. The molecule has 0 amide bonds. The van der Waals surface area contributed by atoms with Gasteiger partial charge in [-0.2, -0.15) is 5.26 Å². The van der Waals surface area contributed by atoms with Crippen molar-refractivity contribution in [3.05, 3.63) is 100 Å². The highest BCUT2D eigenvalue weighted by Crippen LogP contribution is 2.43. The van der Waals surface area contributed by atoms with Gasteiger partial charge in [-0.1, -0.05) is 43.7 Å². The highest BCUT2D eigenvalue weighted by molar-refractivity contribution is 5.94. The van der Waals surface area contributed by atoms with Gasteiger partial charge in [-0.3, -0.25) is 0 Å². The van der Waals surface area contributed by atoms with E-state index in [1.54, 1.807) is 66.7 Å². The molecule has 1 aliphatic heterocycles. The molecule has 37 heavy (non-hydrogen) atoms. The molecule has 0 bridgehead atoms. The molecule has 188 valence electrons. The lowest BCUT2D eigenvalue weighted by molar-refractivity contribution is 0.0600. The maximum Gasteiger partial charge on any atom is 0.347 e. The highest BCUT2D eigenvalue weighted by atomic mass is 16.5. The second-order valence-electron chi connectivity index (χ2n) is 8.33. The van der Waals surface area contributed by atoms with Crippen molar-refractivity contribution in [3.8, 4) is 23.3 Å². The number of unbranched alkanes of at least 4 members (excludes halogenated alkanes) is 1. The number of carbonyl (C=O) groups excluding carboxylic acids is 2. The second kappa shape index (κ2) is 11.3. The largest absolute Gasteiger partial charge is 0.493 e. The molecule has 0 aliphatic carbocycles. The summed E-state index contributed by atoms with van der Waals surface area (Å²) in [5.74, 6) is -0.543. The number of ether oxygens (including phenoxy) is 4. The zero-order chi connectivity index (χ0) is 26.4. The predicted octanol–water partition coefficient (Wildman–Crippen LogP) is 5.09. The lowest BCUT2D eigenvalue weighted by Crippen LogP contribution is -2.21. The summed E-state index contributed by atoms with van der Waals surface area (Å²) in [5, 5.41) is 9.78. The molecule has 1 unspecified atom stereocenters. The van der Waals surface area contributed by atoms with E-state index in [0.717, 1.165) is 18.4 Å². The minimum atomic E-state index is -0.570. The number of hydrogen-bond acceptors (Lipinski definition) is 8. The normalized spacial score (nSPS) is 14.1. The summed E-state index contributed by atoms with van der Waals surface area (Å²) in [7, 11) is 1.31. The van der Waals surface area contributed by atoms with E-state index < -0.39 is 17.9 Å². The van der Waals surface area contributed by atoms with Crippen LogP contribution in [0.15, 0.2) is 78.2 Å². The fourth-order valence-electron chi connectivity index (χ4n) is 4.02. The second-order valence-corrected chi connectivity index (χ2v) is 8.33. The fraction of sp³-hybridized carbons (Fsp3) is 0.207. The summed E-state index contributed by atoms with van der Waals surface area (Å²) in [4.78, 5) is 24.8. The van der Waals surface area contributed by atoms with Crippen LogP contribution in [0.3, 0.4) is 0 Å². The number of nitriles is 1. The molecule has 0 saturated carbocycles. The molecule has 3 aromatic carbocycles. The monoisotopic (exact) mass is 498 g/mol. The number of nitrogens with two attached hydrogens (primary N) is 1. The Balaban J connectivity index is 1.62. The summed E-state index contributed by atoms with van der Waals surface area (Å²) >= 11 is 0. The molecule has 8 heteroatoms. The molecular formula is C29H26N2O6. The molecule has 0 spiro atoms. The Labute approximate surface area is 214 Å². The maximum absolute atomic E-state index is 12.9. The van der Waals surface area contributed by atoms with Gasteiger partial charge in [0, 0.05) is 11.6 Å². The van der Waals surface area contributed by atoms with E-state index in [4.69, 9.17) is 24.7 Å². The number of para-hydroxylation sites is 1. The minimum Gasteiger partial charge on any atom is -0.493 e. The van der Waals surface area contributed by atoms with Crippen molar-refractivity contribution in [3.63, 3.8) is 0 Å². The first-order chi connectivity index (χ1) is 18.0. The van der Waals surface area contributed by atoms with Gasteiger partial charge in [-0.25, -0.2) is 9.59 Å². The summed E-state index contributed by atoms with van der Waals surface area (Å²) in [6.45, 7) is 2.56. The van der Waals surface area contributed by atoms with Gasteiger partial charge in [-0.05, 0) is 42.3 Å². The number of carbonyl (C=O) groups is 2. The van der Waals surface area contributed by atoms with Gasteiger partial charge in [0.05, 0.1) is 25.2 Å². The van der Waals surface area contributed by atoms with Crippen LogP contribution in [0.1, 0.15) is 57.5 Å². The summed E-state index contributed by atoms with van der Waals surface area (Å²) in [5.41, 5.74) is 8.42. The van der Waals surface area contributed by atoms with Crippen molar-refractivity contribution in [2.24, 2.45) is 5.73 Å². The number of esters is 2. The Bertz CT molecular complexity index is 1390. The van der Waals surface area contributed by atoms with Crippen molar-refractivity contribution in [1.29, 1.82) is 5.26 Å². The van der Waals surface area contributed by atoms with E-state index in [0.29, 0.717) is 34.8 Å². The van der Waals surface area contributed by atoms with Crippen molar-refractivity contribution < 1.29 is 28.5 Å². The first kappa shape index (κ1) is 25.3. The lowest BCUT2D eigenvalue weighted by Gasteiger charge is -2.26. The zero-order valence-corrected chi connectivity index (χ0v) is 20.5. The quantitative estimate of drug-likeness (QED) is 0.259. The first-order valence-electron chi connectivity index (χ1n) is 11.8. The first-order valence-corrected chi connectivity index (χ1v) is 11.8. The molecule has 1 aliphatic rings. The van der Waals surface area contributed by atoms with Crippen LogP contribution in [-0.4, -0.2) is 25.7 Å². The summed E-state index contributed by atoms with van der Waals surface area (Å²) < 4.78 is 21.9. The molecule has 0 fully saturated rings. The number of allylic oxidation sites excluding steroid dienone is 1. The van der Waals surface area contributed by atoms with E-state index in [1.807, 2.05) is 0 Å². The van der Waals surface area contributed by atoms with E-state index in [9.17, 15) is 14.9 Å². The topological polar surface area (TPSA) is 121 Å². The molecule has 0 aromatic heterocycles. The lowest BCUT2D eigenvalue weighted by atomic mass is 9.83.